The van der Waals surface area contributed by atoms with Gasteiger partial charge >= 0.3 is 5.97 Å². The van der Waals surface area contributed by atoms with Crippen LogP contribution < -0.4 is 5.32 Å². The molecule has 0 unspecified atom stereocenters. The monoisotopic (exact) mass is 237 g/mol. The van der Waals surface area contributed by atoms with Crippen molar-refractivity contribution in [1.29, 1.82) is 0 Å². The van der Waals surface area contributed by atoms with Crippen LogP contribution in [0.1, 0.15) is 29.8 Å². The molecule has 0 saturated heterocycles. The van der Waals surface area contributed by atoms with Crippen LogP contribution in [-0.4, -0.2) is 39.3 Å². The van der Waals surface area contributed by atoms with Crippen molar-refractivity contribution in [2.45, 2.75) is 19.3 Å². The molecule has 0 amide bonds. The molecular formula is C11H15N3O3. The van der Waals surface area contributed by atoms with Crippen LogP contribution in [0.4, 0.5) is 5.82 Å². The summed E-state index contributed by atoms with van der Waals surface area (Å²) in [6.07, 6.45) is 5.67. The highest BCUT2D eigenvalue weighted by atomic mass is 16.4. The molecule has 1 fully saturated rings. The fraction of sp³-hybridized carbons (Fsp3) is 0.545. The minimum absolute atomic E-state index is 0.0676. The summed E-state index contributed by atoms with van der Waals surface area (Å²) in [5, 5.41) is 20.8. The van der Waals surface area contributed by atoms with Gasteiger partial charge in [-0.25, -0.2) is 9.78 Å². The summed E-state index contributed by atoms with van der Waals surface area (Å²) >= 11 is 0. The van der Waals surface area contributed by atoms with Crippen LogP contribution in [0.25, 0.3) is 0 Å². The lowest BCUT2D eigenvalue weighted by atomic mass is 10.0. The molecule has 0 spiro atoms. The van der Waals surface area contributed by atoms with Gasteiger partial charge in [0.2, 0.25) is 0 Å². The fourth-order valence-corrected chi connectivity index (χ4v) is 1.76. The van der Waals surface area contributed by atoms with Crippen LogP contribution in [-0.2, 0) is 0 Å². The van der Waals surface area contributed by atoms with Crippen molar-refractivity contribution < 1.29 is 15.0 Å². The van der Waals surface area contributed by atoms with Gasteiger partial charge in [-0.2, -0.15) is 0 Å². The smallest absolute Gasteiger partial charge is 0.356 e. The first-order chi connectivity index (χ1) is 8.15. The highest BCUT2D eigenvalue weighted by Crippen LogP contribution is 2.48. The van der Waals surface area contributed by atoms with Crippen LogP contribution in [0.3, 0.4) is 0 Å². The molecule has 0 atom stereocenters. The van der Waals surface area contributed by atoms with Gasteiger partial charge in [-0.1, -0.05) is 0 Å². The summed E-state index contributed by atoms with van der Waals surface area (Å²) in [5.74, 6) is -0.619. The second-order valence-corrected chi connectivity index (χ2v) is 4.42. The summed E-state index contributed by atoms with van der Waals surface area (Å²) in [7, 11) is 0. The maximum Gasteiger partial charge on any atom is 0.356 e. The lowest BCUT2D eigenvalue weighted by Crippen LogP contribution is -2.18. The van der Waals surface area contributed by atoms with Crippen LogP contribution in [0.5, 0.6) is 0 Å². The number of carboxylic acids is 1. The van der Waals surface area contributed by atoms with E-state index in [2.05, 4.69) is 15.3 Å². The number of anilines is 1. The van der Waals surface area contributed by atoms with Crippen molar-refractivity contribution in [3.05, 3.63) is 18.1 Å². The van der Waals surface area contributed by atoms with Crippen molar-refractivity contribution >= 4 is 11.8 Å². The molecule has 92 valence electrons. The summed E-state index contributed by atoms with van der Waals surface area (Å²) in [6.45, 7) is 0.883. The van der Waals surface area contributed by atoms with Crippen LogP contribution in [0.15, 0.2) is 12.4 Å². The first-order valence-corrected chi connectivity index (χ1v) is 5.55. The molecule has 3 N–H and O–H groups in total. The summed E-state index contributed by atoms with van der Waals surface area (Å²) in [5.41, 5.74) is 0.0948. The van der Waals surface area contributed by atoms with E-state index < -0.39 is 5.97 Å². The number of hydrogen-bond acceptors (Lipinski definition) is 5. The number of aromatic carboxylic acids is 1. The second kappa shape index (κ2) is 4.67. The van der Waals surface area contributed by atoms with E-state index >= 15 is 0 Å². The Morgan fingerprint density at radius 1 is 1.47 bits per heavy atom. The molecule has 1 saturated carbocycles. The third-order valence-corrected chi connectivity index (χ3v) is 3.10. The van der Waals surface area contributed by atoms with E-state index in [4.69, 9.17) is 10.2 Å². The molecule has 1 aliphatic rings. The van der Waals surface area contributed by atoms with Crippen LogP contribution >= 0.6 is 0 Å². The van der Waals surface area contributed by atoms with E-state index in [1.165, 1.54) is 12.4 Å². The van der Waals surface area contributed by atoms with E-state index in [0.717, 1.165) is 19.3 Å². The predicted molar refractivity (Wildman–Crippen MR) is 60.9 cm³/mol. The number of nitrogens with zero attached hydrogens (tertiary/aromatic N) is 2. The largest absolute Gasteiger partial charge is 0.476 e. The van der Waals surface area contributed by atoms with Gasteiger partial charge in [-0.05, 0) is 24.7 Å². The highest BCUT2D eigenvalue weighted by molar-refractivity contribution is 5.85. The fourth-order valence-electron chi connectivity index (χ4n) is 1.76. The average Bonchev–Trinajstić information content (AvgIpc) is 3.08. The molecule has 0 aromatic carbocycles. The first-order valence-electron chi connectivity index (χ1n) is 5.55. The number of carbonyl (C=O) groups is 1. The van der Waals surface area contributed by atoms with Gasteiger partial charge in [0.05, 0.1) is 12.4 Å². The summed E-state index contributed by atoms with van der Waals surface area (Å²) in [4.78, 5) is 18.5. The van der Waals surface area contributed by atoms with Gasteiger partial charge in [-0.3, -0.25) is 4.98 Å². The molecule has 2 rings (SSSR count). The third kappa shape index (κ3) is 2.91. The molecule has 0 bridgehead atoms. The molecule has 0 aliphatic heterocycles. The maximum absolute atomic E-state index is 10.7. The van der Waals surface area contributed by atoms with Crippen LogP contribution in [0, 0.1) is 5.41 Å². The number of aliphatic hydroxyl groups is 1. The average molecular weight is 237 g/mol. The van der Waals surface area contributed by atoms with Gasteiger partial charge in [0.1, 0.15) is 5.82 Å². The Balaban J connectivity index is 1.95. The van der Waals surface area contributed by atoms with Crippen molar-refractivity contribution in [3.8, 4) is 0 Å². The van der Waals surface area contributed by atoms with Crippen molar-refractivity contribution in [1.82, 2.24) is 9.97 Å². The maximum atomic E-state index is 10.7. The molecule has 1 aromatic heterocycles. The lowest BCUT2D eigenvalue weighted by molar-refractivity contribution is 0.0690. The Bertz CT molecular complexity index is 418. The molecular weight excluding hydrogens is 222 g/mol. The Morgan fingerprint density at radius 3 is 2.82 bits per heavy atom. The van der Waals surface area contributed by atoms with E-state index in [1.54, 1.807) is 0 Å². The minimum atomic E-state index is -1.09. The third-order valence-electron chi connectivity index (χ3n) is 3.10. The number of nitrogens with one attached hydrogen (secondary N) is 1. The van der Waals surface area contributed by atoms with Gasteiger partial charge in [0.15, 0.2) is 5.69 Å². The molecule has 1 heterocycles. The zero-order chi connectivity index (χ0) is 12.3. The Hall–Kier alpha value is -1.69. The van der Waals surface area contributed by atoms with Crippen molar-refractivity contribution in [2.24, 2.45) is 5.41 Å². The normalized spacial score (nSPS) is 16.5. The zero-order valence-corrected chi connectivity index (χ0v) is 9.39. The number of aromatic nitrogens is 2. The van der Waals surface area contributed by atoms with Gasteiger partial charge in [0, 0.05) is 13.2 Å². The molecule has 6 nitrogen and oxygen atoms in total. The number of hydrogen-bond donors (Lipinski definition) is 3. The summed E-state index contributed by atoms with van der Waals surface area (Å²) < 4.78 is 0. The lowest BCUT2D eigenvalue weighted by Gasteiger charge is -2.14. The first kappa shape index (κ1) is 11.8. The number of aliphatic hydroxyl groups excluding tert-OH is 1. The zero-order valence-electron chi connectivity index (χ0n) is 9.39. The second-order valence-electron chi connectivity index (χ2n) is 4.42. The van der Waals surface area contributed by atoms with Gasteiger partial charge in [-0.15, -0.1) is 0 Å². The molecule has 1 aromatic rings. The predicted octanol–water partition coefficient (Wildman–Crippen LogP) is 0.749. The quantitative estimate of drug-likeness (QED) is 0.675. The number of rotatable bonds is 6. The standard InChI is InChI=1S/C11H15N3O3/c15-4-3-11(1-2-11)7-13-9-6-12-5-8(14-9)10(16)17/h5-6,15H,1-4,7H2,(H,13,14)(H,16,17). The van der Waals surface area contributed by atoms with E-state index in [0.29, 0.717) is 12.4 Å². The molecule has 6 heteroatoms. The van der Waals surface area contributed by atoms with E-state index in [9.17, 15) is 4.79 Å². The molecule has 0 radical (unpaired) electrons. The van der Waals surface area contributed by atoms with E-state index in [1.807, 2.05) is 0 Å². The topological polar surface area (TPSA) is 95.3 Å². The van der Waals surface area contributed by atoms with Crippen LogP contribution in [0.2, 0.25) is 0 Å². The SMILES string of the molecule is O=C(O)c1cncc(NCC2(CCO)CC2)n1. The minimum Gasteiger partial charge on any atom is -0.476 e. The number of carboxylic acid groups (broad SMARTS) is 1. The Kier molecular flexibility index (Phi) is 3.23. The molecule has 1 aliphatic carbocycles. The van der Waals surface area contributed by atoms with Crippen molar-refractivity contribution in [2.75, 3.05) is 18.5 Å². The molecule has 17 heavy (non-hydrogen) atoms. The summed E-state index contributed by atoms with van der Waals surface area (Å²) in [6, 6.07) is 0. The Morgan fingerprint density at radius 2 is 2.24 bits per heavy atom. The van der Waals surface area contributed by atoms with Gasteiger partial charge < -0.3 is 15.5 Å². The van der Waals surface area contributed by atoms with Gasteiger partial charge in [0.25, 0.3) is 0 Å². The highest BCUT2D eigenvalue weighted by Gasteiger charge is 2.41. The van der Waals surface area contributed by atoms with Crippen molar-refractivity contribution in [3.63, 3.8) is 0 Å². The van der Waals surface area contributed by atoms with E-state index in [-0.39, 0.29) is 17.7 Å². The Labute approximate surface area is 98.7 Å².